The maximum Gasteiger partial charge on any atom is 0.227 e. The van der Waals surface area contributed by atoms with Crippen LogP contribution < -0.4 is 5.32 Å². The smallest absolute Gasteiger partial charge is 0.227 e. The zero-order valence-electron chi connectivity index (χ0n) is 10.6. The molecule has 1 aromatic rings. The fraction of sp³-hybridized carbons (Fsp3) is 0.462. The lowest BCUT2D eigenvalue weighted by Crippen LogP contribution is -2.29. The van der Waals surface area contributed by atoms with Gasteiger partial charge in [-0.3, -0.25) is 4.79 Å². The maximum absolute atomic E-state index is 11.8. The zero-order chi connectivity index (χ0) is 13.1. The van der Waals surface area contributed by atoms with Crippen LogP contribution in [0.1, 0.15) is 25.8 Å². The van der Waals surface area contributed by atoms with Crippen LogP contribution in [-0.4, -0.2) is 18.6 Å². The predicted octanol–water partition coefficient (Wildman–Crippen LogP) is 3.51. The molecule has 0 bridgehead atoms. The molecule has 1 aromatic carbocycles. The summed E-state index contributed by atoms with van der Waals surface area (Å²) in [6.07, 6.45) is 0.323. The number of amides is 1. The molecule has 0 aliphatic rings. The van der Waals surface area contributed by atoms with E-state index in [-0.39, 0.29) is 5.91 Å². The third-order valence-electron chi connectivity index (χ3n) is 2.60. The van der Waals surface area contributed by atoms with Crippen molar-refractivity contribution in [3.8, 4) is 0 Å². The highest BCUT2D eigenvalue weighted by atomic mass is 79.9. The van der Waals surface area contributed by atoms with Gasteiger partial charge in [0.1, 0.15) is 0 Å². The molecule has 0 atom stereocenters. The number of anilines is 1. The molecule has 1 N–H and O–H groups in total. The number of rotatable bonds is 4. The number of nitrogens with one attached hydrogen (secondary N) is 1. The van der Waals surface area contributed by atoms with Gasteiger partial charge in [-0.2, -0.15) is 0 Å². The van der Waals surface area contributed by atoms with Crippen LogP contribution in [0.3, 0.4) is 0 Å². The first-order chi connectivity index (χ1) is 7.85. The summed E-state index contributed by atoms with van der Waals surface area (Å²) in [5.41, 5.74) is 1.44. The van der Waals surface area contributed by atoms with Gasteiger partial charge in [0.05, 0.1) is 17.7 Å². The van der Waals surface area contributed by atoms with E-state index in [0.717, 1.165) is 15.7 Å². The molecule has 0 aliphatic carbocycles. The minimum Gasteiger partial charge on any atom is -0.378 e. The number of carbonyl (C=O) groups is 1. The van der Waals surface area contributed by atoms with Crippen molar-refractivity contribution in [2.24, 2.45) is 0 Å². The second-order valence-electron chi connectivity index (χ2n) is 4.63. The van der Waals surface area contributed by atoms with Crippen molar-refractivity contribution in [2.75, 3.05) is 12.4 Å². The summed E-state index contributed by atoms with van der Waals surface area (Å²) < 4.78 is 6.15. The normalized spacial score (nSPS) is 11.4. The van der Waals surface area contributed by atoms with Crippen molar-refractivity contribution in [1.82, 2.24) is 0 Å². The van der Waals surface area contributed by atoms with E-state index in [4.69, 9.17) is 4.74 Å². The fourth-order valence-corrected chi connectivity index (χ4v) is 1.76. The van der Waals surface area contributed by atoms with Crippen molar-refractivity contribution in [3.63, 3.8) is 0 Å². The first-order valence-electron chi connectivity index (χ1n) is 5.46. The first kappa shape index (κ1) is 14.2. The molecule has 0 saturated carbocycles. The van der Waals surface area contributed by atoms with Crippen molar-refractivity contribution >= 4 is 27.5 Å². The SMILES string of the molecule is COC(C)(C)CC(=O)Nc1cccc(C)c1Br. The monoisotopic (exact) mass is 299 g/mol. The number of hydrogen-bond acceptors (Lipinski definition) is 2. The molecule has 0 unspecified atom stereocenters. The molecule has 1 amide bonds. The summed E-state index contributed by atoms with van der Waals surface area (Å²) in [7, 11) is 1.61. The quantitative estimate of drug-likeness (QED) is 0.924. The number of halogens is 1. The van der Waals surface area contributed by atoms with Crippen molar-refractivity contribution in [2.45, 2.75) is 32.8 Å². The minimum atomic E-state index is -0.444. The van der Waals surface area contributed by atoms with E-state index < -0.39 is 5.60 Å². The molecular weight excluding hydrogens is 282 g/mol. The van der Waals surface area contributed by atoms with Gasteiger partial charge >= 0.3 is 0 Å². The molecule has 0 aliphatic heterocycles. The first-order valence-corrected chi connectivity index (χ1v) is 6.25. The Morgan fingerprint density at radius 3 is 2.71 bits per heavy atom. The van der Waals surface area contributed by atoms with Gasteiger partial charge in [0.2, 0.25) is 5.91 Å². The summed E-state index contributed by atoms with van der Waals surface area (Å²) >= 11 is 3.46. The lowest BCUT2D eigenvalue weighted by Gasteiger charge is -2.22. The van der Waals surface area contributed by atoms with Gasteiger partial charge in [0, 0.05) is 11.6 Å². The van der Waals surface area contributed by atoms with E-state index in [2.05, 4.69) is 21.2 Å². The van der Waals surface area contributed by atoms with Crippen LogP contribution in [0.5, 0.6) is 0 Å². The lowest BCUT2D eigenvalue weighted by molar-refractivity contribution is -0.121. The van der Waals surface area contributed by atoms with Gasteiger partial charge < -0.3 is 10.1 Å². The van der Waals surface area contributed by atoms with E-state index in [0.29, 0.717) is 6.42 Å². The Morgan fingerprint density at radius 2 is 2.12 bits per heavy atom. The van der Waals surface area contributed by atoms with E-state index >= 15 is 0 Å². The van der Waals surface area contributed by atoms with Gasteiger partial charge in [-0.05, 0) is 48.3 Å². The molecule has 0 heterocycles. The minimum absolute atomic E-state index is 0.0526. The molecule has 0 aromatic heterocycles. The van der Waals surface area contributed by atoms with E-state index in [1.807, 2.05) is 39.0 Å². The lowest BCUT2D eigenvalue weighted by atomic mass is 10.0. The second-order valence-corrected chi connectivity index (χ2v) is 5.42. The zero-order valence-corrected chi connectivity index (χ0v) is 12.2. The second kappa shape index (κ2) is 5.65. The standard InChI is InChI=1S/C13H18BrNO2/c1-9-6-5-7-10(12(9)14)15-11(16)8-13(2,3)17-4/h5-7H,8H2,1-4H3,(H,15,16). The van der Waals surface area contributed by atoms with Crippen LogP contribution in [-0.2, 0) is 9.53 Å². The Balaban J connectivity index is 2.72. The van der Waals surface area contributed by atoms with Crippen LogP contribution in [0, 0.1) is 6.92 Å². The highest BCUT2D eigenvalue weighted by Gasteiger charge is 2.21. The van der Waals surface area contributed by atoms with Crippen LogP contribution in [0.25, 0.3) is 0 Å². The largest absolute Gasteiger partial charge is 0.378 e. The molecule has 17 heavy (non-hydrogen) atoms. The Labute approximate surface area is 111 Å². The number of ether oxygens (including phenoxy) is 1. The Bertz CT molecular complexity index is 416. The van der Waals surface area contributed by atoms with Crippen LogP contribution in [0.4, 0.5) is 5.69 Å². The molecule has 94 valence electrons. The summed E-state index contributed by atoms with van der Waals surface area (Å²) in [4.78, 5) is 11.8. The molecule has 0 saturated heterocycles. The number of aryl methyl sites for hydroxylation is 1. The number of hydrogen-bond donors (Lipinski definition) is 1. The van der Waals surface area contributed by atoms with Gasteiger partial charge in [-0.1, -0.05) is 12.1 Å². The summed E-state index contributed by atoms with van der Waals surface area (Å²) in [5.74, 6) is -0.0526. The predicted molar refractivity (Wildman–Crippen MR) is 73.2 cm³/mol. The fourth-order valence-electron chi connectivity index (χ4n) is 1.40. The topological polar surface area (TPSA) is 38.3 Å². The van der Waals surface area contributed by atoms with Crippen LogP contribution in [0.15, 0.2) is 22.7 Å². The molecule has 3 nitrogen and oxygen atoms in total. The van der Waals surface area contributed by atoms with Gasteiger partial charge in [0.25, 0.3) is 0 Å². The van der Waals surface area contributed by atoms with Gasteiger partial charge in [0.15, 0.2) is 0 Å². The average Bonchev–Trinajstić information content (AvgIpc) is 2.24. The Morgan fingerprint density at radius 1 is 1.47 bits per heavy atom. The molecule has 0 fully saturated rings. The van der Waals surface area contributed by atoms with Crippen molar-refractivity contribution in [1.29, 1.82) is 0 Å². The molecular formula is C13H18BrNO2. The molecule has 4 heteroatoms. The van der Waals surface area contributed by atoms with E-state index in [1.165, 1.54) is 0 Å². The third kappa shape index (κ3) is 4.13. The highest BCUT2D eigenvalue weighted by Crippen LogP contribution is 2.26. The number of methoxy groups -OCH3 is 1. The Kier molecular flexibility index (Phi) is 4.71. The molecule has 0 spiro atoms. The molecule has 0 radical (unpaired) electrons. The summed E-state index contributed by atoms with van der Waals surface area (Å²) in [6, 6.07) is 5.77. The van der Waals surface area contributed by atoms with E-state index in [1.54, 1.807) is 7.11 Å². The molecule has 1 rings (SSSR count). The van der Waals surface area contributed by atoms with Crippen LogP contribution in [0.2, 0.25) is 0 Å². The summed E-state index contributed by atoms with van der Waals surface area (Å²) in [5, 5.41) is 2.88. The van der Waals surface area contributed by atoms with Gasteiger partial charge in [-0.15, -0.1) is 0 Å². The number of benzene rings is 1. The highest BCUT2D eigenvalue weighted by molar-refractivity contribution is 9.10. The average molecular weight is 300 g/mol. The van der Waals surface area contributed by atoms with Crippen molar-refractivity contribution in [3.05, 3.63) is 28.2 Å². The summed E-state index contributed by atoms with van der Waals surface area (Å²) in [6.45, 7) is 5.76. The van der Waals surface area contributed by atoms with E-state index in [9.17, 15) is 4.79 Å². The Hall–Kier alpha value is -0.870. The number of carbonyl (C=O) groups excluding carboxylic acids is 1. The van der Waals surface area contributed by atoms with Gasteiger partial charge in [-0.25, -0.2) is 0 Å². The third-order valence-corrected chi connectivity index (χ3v) is 3.66. The van der Waals surface area contributed by atoms with Crippen LogP contribution >= 0.6 is 15.9 Å². The van der Waals surface area contributed by atoms with Crippen molar-refractivity contribution < 1.29 is 9.53 Å². The maximum atomic E-state index is 11.8.